The van der Waals surface area contributed by atoms with E-state index in [4.69, 9.17) is 4.74 Å². The molecule has 0 fully saturated rings. The SMILES string of the molecule is CCOc1ccc2ccccc2c1C(=O)Nc1ccc2c(c1)CCCN2S(=O)(=O)c1cccs1. The number of amides is 1. The molecule has 8 heteroatoms. The van der Waals surface area contributed by atoms with E-state index in [0.29, 0.717) is 46.5 Å². The van der Waals surface area contributed by atoms with Crippen molar-refractivity contribution in [2.75, 3.05) is 22.8 Å². The number of ether oxygens (including phenoxy) is 1. The summed E-state index contributed by atoms with van der Waals surface area (Å²) in [5, 5.41) is 6.53. The number of benzene rings is 3. The molecule has 0 aliphatic carbocycles. The average molecular weight is 493 g/mol. The van der Waals surface area contributed by atoms with Crippen LogP contribution in [0.4, 0.5) is 11.4 Å². The van der Waals surface area contributed by atoms with Crippen molar-refractivity contribution in [1.29, 1.82) is 0 Å². The molecule has 174 valence electrons. The van der Waals surface area contributed by atoms with Crippen molar-refractivity contribution in [1.82, 2.24) is 0 Å². The molecule has 5 rings (SSSR count). The average Bonchev–Trinajstić information content (AvgIpc) is 3.39. The third-order valence-corrected chi connectivity index (χ3v) is 9.06. The normalized spacial score (nSPS) is 13.5. The lowest BCUT2D eigenvalue weighted by Gasteiger charge is -2.30. The molecule has 1 aliphatic rings. The Morgan fingerprint density at radius 1 is 1.09 bits per heavy atom. The summed E-state index contributed by atoms with van der Waals surface area (Å²) in [6, 6.07) is 20.2. The van der Waals surface area contributed by atoms with Gasteiger partial charge in [-0.2, -0.15) is 0 Å². The minimum atomic E-state index is -3.60. The molecule has 4 aromatic rings. The third-order valence-electron chi connectivity index (χ3n) is 5.87. The van der Waals surface area contributed by atoms with Crippen LogP contribution in [0.5, 0.6) is 5.75 Å². The van der Waals surface area contributed by atoms with Crippen LogP contribution in [0.2, 0.25) is 0 Å². The molecule has 1 aromatic heterocycles. The first-order chi connectivity index (χ1) is 16.5. The lowest BCUT2D eigenvalue weighted by molar-refractivity contribution is 0.102. The fraction of sp³-hybridized carbons (Fsp3) is 0.192. The van der Waals surface area contributed by atoms with Gasteiger partial charge in [0.15, 0.2) is 0 Å². The summed E-state index contributed by atoms with van der Waals surface area (Å²) in [6.45, 7) is 2.77. The molecule has 34 heavy (non-hydrogen) atoms. The highest BCUT2D eigenvalue weighted by atomic mass is 32.2. The minimum absolute atomic E-state index is 0.265. The summed E-state index contributed by atoms with van der Waals surface area (Å²) in [6.07, 6.45) is 1.46. The summed E-state index contributed by atoms with van der Waals surface area (Å²) >= 11 is 1.22. The van der Waals surface area contributed by atoms with Gasteiger partial charge in [-0.25, -0.2) is 8.42 Å². The van der Waals surface area contributed by atoms with E-state index in [0.717, 1.165) is 22.8 Å². The van der Waals surface area contributed by atoms with Crippen molar-refractivity contribution < 1.29 is 17.9 Å². The topological polar surface area (TPSA) is 75.7 Å². The maximum atomic E-state index is 13.4. The molecule has 0 bridgehead atoms. The molecular weight excluding hydrogens is 468 g/mol. The number of fused-ring (bicyclic) bond motifs is 2. The largest absolute Gasteiger partial charge is 0.493 e. The number of anilines is 2. The summed E-state index contributed by atoms with van der Waals surface area (Å²) in [5.41, 5.74) is 2.67. The Kier molecular flexibility index (Phi) is 6.02. The predicted molar refractivity (Wildman–Crippen MR) is 137 cm³/mol. The van der Waals surface area contributed by atoms with Gasteiger partial charge >= 0.3 is 0 Å². The maximum Gasteiger partial charge on any atom is 0.273 e. The minimum Gasteiger partial charge on any atom is -0.493 e. The van der Waals surface area contributed by atoms with E-state index < -0.39 is 10.0 Å². The highest BCUT2D eigenvalue weighted by Crippen LogP contribution is 2.35. The van der Waals surface area contributed by atoms with Gasteiger partial charge in [0, 0.05) is 12.2 Å². The van der Waals surface area contributed by atoms with Gasteiger partial charge in [0.05, 0.1) is 17.9 Å². The quantitative estimate of drug-likeness (QED) is 0.375. The summed E-state index contributed by atoms with van der Waals surface area (Å²) in [7, 11) is -3.60. The first kappa shape index (κ1) is 22.4. The second kappa shape index (κ2) is 9.12. The van der Waals surface area contributed by atoms with Gasteiger partial charge in [-0.15, -0.1) is 11.3 Å². The second-order valence-corrected chi connectivity index (χ2v) is 11.0. The van der Waals surface area contributed by atoms with Crippen molar-refractivity contribution >= 4 is 49.4 Å². The molecule has 3 aromatic carbocycles. The molecule has 0 unspecified atom stereocenters. The van der Waals surface area contributed by atoms with E-state index in [1.54, 1.807) is 29.6 Å². The standard InChI is InChI=1S/C26H24N2O4S2/c1-2-32-23-14-11-18-7-3-4-9-21(18)25(23)26(29)27-20-12-13-22-19(17-20)8-5-15-28(22)34(30,31)24-10-6-16-33-24/h3-4,6-7,9-14,16-17H,2,5,8,15H2,1H3,(H,27,29). The molecule has 6 nitrogen and oxygen atoms in total. The Hall–Kier alpha value is -3.36. The second-order valence-electron chi connectivity index (χ2n) is 8.00. The number of thiophene rings is 1. The number of carbonyl (C=O) groups is 1. The highest BCUT2D eigenvalue weighted by Gasteiger charge is 2.30. The van der Waals surface area contributed by atoms with E-state index in [-0.39, 0.29) is 5.91 Å². The molecule has 1 N–H and O–H groups in total. The number of aryl methyl sites for hydroxylation is 1. The fourth-order valence-corrected chi connectivity index (χ4v) is 7.01. The fourth-order valence-electron chi connectivity index (χ4n) is 4.36. The predicted octanol–water partition coefficient (Wildman–Crippen LogP) is 5.69. The number of carbonyl (C=O) groups excluding carboxylic acids is 1. The Morgan fingerprint density at radius 3 is 2.74 bits per heavy atom. The van der Waals surface area contributed by atoms with Crippen LogP contribution in [0.3, 0.4) is 0 Å². The van der Waals surface area contributed by atoms with Gasteiger partial charge in [0.25, 0.3) is 15.9 Å². The van der Waals surface area contributed by atoms with Crippen molar-refractivity contribution in [3.05, 3.63) is 83.2 Å². The van der Waals surface area contributed by atoms with Crippen LogP contribution in [0, 0.1) is 0 Å². The number of hydrogen-bond donors (Lipinski definition) is 1. The van der Waals surface area contributed by atoms with Crippen LogP contribution in [0.25, 0.3) is 10.8 Å². The number of nitrogens with zero attached hydrogens (tertiary/aromatic N) is 1. The Bertz CT molecular complexity index is 1460. The highest BCUT2D eigenvalue weighted by molar-refractivity contribution is 7.94. The maximum absolute atomic E-state index is 13.4. The Morgan fingerprint density at radius 2 is 1.94 bits per heavy atom. The monoisotopic (exact) mass is 492 g/mol. The van der Waals surface area contributed by atoms with Crippen LogP contribution in [-0.4, -0.2) is 27.5 Å². The molecule has 0 spiro atoms. The number of nitrogens with one attached hydrogen (secondary N) is 1. The first-order valence-electron chi connectivity index (χ1n) is 11.1. The number of rotatable bonds is 6. The van der Waals surface area contributed by atoms with Crippen molar-refractivity contribution in [3.63, 3.8) is 0 Å². The molecule has 0 radical (unpaired) electrons. The zero-order valence-corrected chi connectivity index (χ0v) is 20.3. The van der Waals surface area contributed by atoms with Crippen LogP contribution in [0.1, 0.15) is 29.3 Å². The number of hydrogen-bond acceptors (Lipinski definition) is 5. The zero-order chi connectivity index (χ0) is 23.7. The summed E-state index contributed by atoms with van der Waals surface area (Å²) in [5.74, 6) is 0.268. The lowest BCUT2D eigenvalue weighted by Crippen LogP contribution is -2.35. The van der Waals surface area contributed by atoms with E-state index in [9.17, 15) is 13.2 Å². The van der Waals surface area contributed by atoms with Crippen LogP contribution in [0.15, 0.2) is 76.3 Å². The van der Waals surface area contributed by atoms with Gasteiger partial charge in [-0.1, -0.05) is 36.4 Å². The molecule has 1 aliphatic heterocycles. The molecule has 1 amide bonds. The Balaban J connectivity index is 1.47. The molecule has 0 saturated carbocycles. The van der Waals surface area contributed by atoms with Crippen LogP contribution < -0.4 is 14.4 Å². The van der Waals surface area contributed by atoms with Crippen molar-refractivity contribution in [2.45, 2.75) is 24.0 Å². The van der Waals surface area contributed by atoms with E-state index in [2.05, 4.69) is 5.32 Å². The molecular formula is C26H24N2O4S2. The van der Waals surface area contributed by atoms with Gasteiger partial charge in [0.2, 0.25) is 0 Å². The van der Waals surface area contributed by atoms with Crippen LogP contribution in [-0.2, 0) is 16.4 Å². The lowest BCUT2D eigenvalue weighted by atomic mass is 10.0. The zero-order valence-electron chi connectivity index (χ0n) is 18.7. The summed E-state index contributed by atoms with van der Waals surface area (Å²) < 4.78 is 33.8. The first-order valence-corrected chi connectivity index (χ1v) is 13.5. The molecule has 2 heterocycles. The van der Waals surface area contributed by atoms with E-state index in [1.165, 1.54) is 15.6 Å². The van der Waals surface area contributed by atoms with E-state index in [1.807, 2.05) is 49.4 Å². The number of sulfonamides is 1. The van der Waals surface area contributed by atoms with Gasteiger partial charge in [-0.05, 0) is 71.8 Å². The van der Waals surface area contributed by atoms with Crippen molar-refractivity contribution in [3.8, 4) is 5.75 Å². The van der Waals surface area contributed by atoms with E-state index >= 15 is 0 Å². The van der Waals surface area contributed by atoms with Crippen molar-refractivity contribution in [2.24, 2.45) is 0 Å². The van der Waals surface area contributed by atoms with Gasteiger partial charge in [-0.3, -0.25) is 9.10 Å². The Labute approximate surface area is 202 Å². The summed E-state index contributed by atoms with van der Waals surface area (Å²) in [4.78, 5) is 13.4. The smallest absolute Gasteiger partial charge is 0.273 e. The van der Waals surface area contributed by atoms with Crippen LogP contribution >= 0.6 is 11.3 Å². The van der Waals surface area contributed by atoms with Gasteiger partial charge < -0.3 is 10.1 Å². The molecule has 0 saturated heterocycles. The third kappa shape index (κ3) is 4.03. The van der Waals surface area contributed by atoms with Gasteiger partial charge in [0.1, 0.15) is 9.96 Å². The molecule has 0 atom stereocenters.